The molecule has 3 nitrogen and oxygen atoms in total. The third-order valence-electron chi connectivity index (χ3n) is 2.03. The van der Waals surface area contributed by atoms with Crippen LogP contribution in [0.4, 0.5) is 0 Å². The Balaban J connectivity index is 2.74. The number of hydrogen-bond donors (Lipinski definition) is 0. The first-order valence-corrected chi connectivity index (χ1v) is 4.97. The van der Waals surface area contributed by atoms with E-state index in [4.69, 9.17) is 0 Å². The topological polar surface area (TPSA) is 37.4 Å². The Morgan fingerprint density at radius 1 is 1.38 bits per heavy atom. The predicted octanol–water partition coefficient (Wildman–Crippen LogP) is 1.24. The van der Waals surface area contributed by atoms with Crippen LogP contribution in [-0.2, 0) is 16.1 Å². The Morgan fingerprint density at radius 2 is 2.06 bits per heavy atom. The second kappa shape index (κ2) is 6.41. The van der Waals surface area contributed by atoms with Gasteiger partial charge in [-0.1, -0.05) is 36.3 Å². The molecular weight excluding hydrogens is 202 g/mol. The zero-order chi connectivity index (χ0) is 11.8. The summed E-state index contributed by atoms with van der Waals surface area (Å²) in [4.78, 5) is 23.4. The molecule has 0 heterocycles. The number of benzene rings is 1. The molecule has 0 N–H and O–H groups in total. The standard InChI is InChI=1S/C13H13NO2/c1-2-6-13(16)14(9-10-15)11-12-7-4-3-5-8-12/h3-5,7-8,10H,9,11H2,1H3. The maximum atomic E-state index is 11.5. The SMILES string of the molecule is CC#CC(=O)N(CC=O)Cc1ccccc1. The van der Waals surface area contributed by atoms with Gasteiger partial charge in [0.05, 0.1) is 6.54 Å². The average Bonchev–Trinajstić information content (AvgIpc) is 2.30. The monoisotopic (exact) mass is 215 g/mol. The molecule has 0 radical (unpaired) electrons. The second-order valence-electron chi connectivity index (χ2n) is 3.21. The van der Waals surface area contributed by atoms with E-state index >= 15 is 0 Å². The fourth-order valence-corrected chi connectivity index (χ4v) is 1.30. The minimum absolute atomic E-state index is 0.0718. The summed E-state index contributed by atoms with van der Waals surface area (Å²) in [5.74, 6) is 4.64. The molecule has 0 saturated carbocycles. The Kier molecular flexibility index (Phi) is 4.81. The van der Waals surface area contributed by atoms with Crippen molar-refractivity contribution in [2.24, 2.45) is 0 Å². The normalized spacial score (nSPS) is 8.81. The third-order valence-corrected chi connectivity index (χ3v) is 2.03. The quantitative estimate of drug-likeness (QED) is 0.559. The van der Waals surface area contributed by atoms with Crippen molar-refractivity contribution in [3.8, 4) is 11.8 Å². The van der Waals surface area contributed by atoms with Gasteiger partial charge in [0.25, 0.3) is 5.91 Å². The second-order valence-corrected chi connectivity index (χ2v) is 3.21. The van der Waals surface area contributed by atoms with Crippen LogP contribution in [0.1, 0.15) is 12.5 Å². The van der Waals surface area contributed by atoms with Gasteiger partial charge in [-0.3, -0.25) is 4.79 Å². The van der Waals surface area contributed by atoms with Gasteiger partial charge in [-0.2, -0.15) is 0 Å². The predicted molar refractivity (Wildman–Crippen MR) is 61.4 cm³/mol. The summed E-state index contributed by atoms with van der Waals surface area (Å²) in [7, 11) is 0. The van der Waals surface area contributed by atoms with Crippen molar-refractivity contribution in [2.75, 3.05) is 6.54 Å². The van der Waals surface area contributed by atoms with Crippen LogP contribution in [0.25, 0.3) is 0 Å². The molecule has 0 fully saturated rings. The van der Waals surface area contributed by atoms with Crippen molar-refractivity contribution in [2.45, 2.75) is 13.5 Å². The van der Waals surface area contributed by atoms with Gasteiger partial charge >= 0.3 is 0 Å². The van der Waals surface area contributed by atoms with E-state index in [9.17, 15) is 9.59 Å². The Morgan fingerprint density at radius 3 is 2.62 bits per heavy atom. The molecule has 1 rings (SSSR count). The number of carbonyl (C=O) groups excluding carboxylic acids is 2. The molecule has 3 heteroatoms. The number of hydrogen-bond acceptors (Lipinski definition) is 2. The molecule has 0 aliphatic carbocycles. The molecule has 0 unspecified atom stereocenters. The number of carbonyl (C=O) groups is 2. The molecule has 0 bridgehead atoms. The van der Waals surface area contributed by atoms with E-state index in [1.165, 1.54) is 4.90 Å². The van der Waals surface area contributed by atoms with Crippen LogP contribution in [0.5, 0.6) is 0 Å². The summed E-state index contributed by atoms with van der Waals surface area (Å²) in [5.41, 5.74) is 0.982. The van der Waals surface area contributed by atoms with Crippen LogP contribution in [0, 0.1) is 11.8 Å². The van der Waals surface area contributed by atoms with E-state index in [1.807, 2.05) is 30.3 Å². The zero-order valence-electron chi connectivity index (χ0n) is 9.14. The first-order chi connectivity index (χ1) is 7.77. The van der Waals surface area contributed by atoms with E-state index in [0.717, 1.165) is 5.56 Å². The molecule has 0 aromatic heterocycles. The molecule has 0 atom stereocenters. The maximum absolute atomic E-state index is 11.5. The van der Waals surface area contributed by atoms with E-state index in [2.05, 4.69) is 11.8 Å². The molecule has 1 aromatic carbocycles. The van der Waals surface area contributed by atoms with Gasteiger partial charge in [-0.05, 0) is 18.4 Å². The van der Waals surface area contributed by atoms with Crippen LogP contribution in [0.15, 0.2) is 30.3 Å². The summed E-state index contributed by atoms with van der Waals surface area (Å²) < 4.78 is 0. The van der Waals surface area contributed by atoms with Gasteiger partial charge < -0.3 is 9.69 Å². The van der Waals surface area contributed by atoms with Crippen molar-refractivity contribution < 1.29 is 9.59 Å². The first kappa shape index (κ1) is 12.0. The number of aldehydes is 1. The molecule has 1 amide bonds. The minimum Gasteiger partial charge on any atom is -0.321 e. The highest BCUT2D eigenvalue weighted by atomic mass is 16.2. The number of amides is 1. The Bertz CT molecular complexity index is 415. The molecule has 82 valence electrons. The van der Waals surface area contributed by atoms with Crippen molar-refractivity contribution in [3.05, 3.63) is 35.9 Å². The minimum atomic E-state index is -0.321. The number of nitrogens with zero attached hydrogens (tertiary/aromatic N) is 1. The molecular formula is C13H13NO2. The summed E-state index contributed by atoms with van der Waals surface area (Å²) in [6.45, 7) is 2.08. The summed E-state index contributed by atoms with van der Waals surface area (Å²) >= 11 is 0. The Hall–Kier alpha value is -2.08. The average molecular weight is 215 g/mol. The van der Waals surface area contributed by atoms with E-state index in [0.29, 0.717) is 12.8 Å². The molecule has 1 aromatic rings. The first-order valence-electron chi connectivity index (χ1n) is 4.97. The van der Waals surface area contributed by atoms with Gasteiger partial charge in [0, 0.05) is 6.54 Å². The van der Waals surface area contributed by atoms with Gasteiger partial charge in [-0.25, -0.2) is 0 Å². The zero-order valence-corrected chi connectivity index (χ0v) is 9.14. The van der Waals surface area contributed by atoms with Crippen LogP contribution >= 0.6 is 0 Å². The summed E-state index contributed by atoms with van der Waals surface area (Å²) in [6, 6.07) is 9.50. The summed E-state index contributed by atoms with van der Waals surface area (Å²) in [5, 5.41) is 0. The van der Waals surface area contributed by atoms with E-state index < -0.39 is 0 Å². The lowest BCUT2D eigenvalue weighted by atomic mass is 10.2. The lowest BCUT2D eigenvalue weighted by Gasteiger charge is -2.17. The van der Waals surface area contributed by atoms with Gasteiger partial charge in [-0.15, -0.1) is 0 Å². The molecule has 0 spiro atoms. The van der Waals surface area contributed by atoms with Crippen LogP contribution in [-0.4, -0.2) is 23.6 Å². The lowest BCUT2D eigenvalue weighted by molar-refractivity contribution is -0.128. The van der Waals surface area contributed by atoms with E-state index in [1.54, 1.807) is 6.92 Å². The third kappa shape index (κ3) is 3.58. The maximum Gasteiger partial charge on any atom is 0.299 e. The van der Waals surface area contributed by atoms with Crippen molar-refractivity contribution in [1.82, 2.24) is 4.90 Å². The van der Waals surface area contributed by atoms with Crippen molar-refractivity contribution in [3.63, 3.8) is 0 Å². The van der Waals surface area contributed by atoms with Crippen molar-refractivity contribution >= 4 is 12.2 Å². The fourth-order valence-electron chi connectivity index (χ4n) is 1.30. The lowest BCUT2D eigenvalue weighted by Crippen LogP contribution is -2.31. The summed E-state index contributed by atoms with van der Waals surface area (Å²) in [6.07, 6.45) is 0.707. The van der Waals surface area contributed by atoms with Gasteiger partial charge in [0.15, 0.2) is 0 Å². The molecule has 16 heavy (non-hydrogen) atoms. The Labute approximate surface area is 95.1 Å². The largest absolute Gasteiger partial charge is 0.321 e. The highest BCUT2D eigenvalue weighted by molar-refractivity contribution is 5.94. The van der Waals surface area contributed by atoms with E-state index in [-0.39, 0.29) is 12.5 Å². The molecule has 0 aliphatic heterocycles. The van der Waals surface area contributed by atoms with Crippen LogP contribution < -0.4 is 0 Å². The highest BCUT2D eigenvalue weighted by Gasteiger charge is 2.10. The highest BCUT2D eigenvalue weighted by Crippen LogP contribution is 2.03. The van der Waals surface area contributed by atoms with Crippen LogP contribution in [0.2, 0.25) is 0 Å². The van der Waals surface area contributed by atoms with Crippen LogP contribution in [0.3, 0.4) is 0 Å². The van der Waals surface area contributed by atoms with Crippen molar-refractivity contribution in [1.29, 1.82) is 0 Å². The smallest absolute Gasteiger partial charge is 0.299 e. The van der Waals surface area contributed by atoms with Gasteiger partial charge in [0.2, 0.25) is 0 Å². The fraction of sp³-hybridized carbons (Fsp3) is 0.231. The molecule has 0 aliphatic rings. The molecule has 0 saturated heterocycles. The number of rotatable bonds is 4. The van der Waals surface area contributed by atoms with Gasteiger partial charge in [0.1, 0.15) is 6.29 Å².